The Morgan fingerprint density at radius 1 is 1.18 bits per heavy atom. The molecular weight excluding hydrogens is 528 g/mol. The van der Waals surface area contributed by atoms with E-state index in [1.807, 2.05) is 35.2 Å². The molecule has 2 aromatic carbocycles. The van der Waals surface area contributed by atoms with E-state index in [-0.39, 0.29) is 18.0 Å². The molecule has 2 fully saturated rings. The van der Waals surface area contributed by atoms with Crippen molar-refractivity contribution >= 4 is 23.7 Å². The number of benzene rings is 2. The van der Waals surface area contributed by atoms with Crippen molar-refractivity contribution in [3.8, 4) is 11.1 Å². The number of hydrogen-bond donors (Lipinski definition) is 4. The molecule has 0 spiro atoms. The molecule has 4 rings (SSSR count). The van der Waals surface area contributed by atoms with Gasteiger partial charge in [-0.1, -0.05) is 54.9 Å². The van der Waals surface area contributed by atoms with Crippen LogP contribution in [0.4, 0.5) is 9.59 Å². The third-order valence-corrected chi connectivity index (χ3v) is 8.66. The zero-order valence-electron chi connectivity index (χ0n) is 23.7. The summed E-state index contributed by atoms with van der Waals surface area (Å²) in [6, 6.07) is 14.1. The van der Waals surface area contributed by atoms with Gasteiger partial charge in [-0.3, -0.25) is 0 Å². The molecular formula is C31H43ClN4O4. The zero-order valence-corrected chi connectivity index (χ0v) is 24.4. The number of carbonyl (C=O) groups excluding carboxylic acids is 2. The molecule has 9 heteroatoms. The Balaban J connectivity index is 1.65. The average Bonchev–Trinajstić information content (AvgIpc) is 2.99. The molecule has 2 saturated heterocycles. The summed E-state index contributed by atoms with van der Waals surface area (Å²) < 4.78 is 4.72. The minimum absolute atomic E-state index is 0.0618. The van der Waals surface area contributed by atoms with E-state index in [4.69, 9.17) is 16.3 Å². The molecule has 0 aromatic heterocycles. The minimum Gasteiger partial charge on any atom is -0.453 e. The molecule has 2 aliphatic rings. The van der Waals surface area contributed by atoms with Crippen LogP contribution in [-0.2, 0) is 16.8 Å². The predicted molar refractivity (Wildman–Crippen MR) is 159 cm³/mol. The highest BCUT2D eigenvalue weighted by molar-refractivity contribution is 6.33. The van der Waals surface area contributed by atoms with Gasteiger partial charge in [0, 0.05) is 42.2 Å². The van der Waals surface area contributed by atoms with E-state index in [1.165, 1.54) is 12.7 Å². The van der Waals surface area contributed by atoms with Gasteiger partial charge in [0.1, 0.15) is 0 Å². The maximum Gasteiger partial charge on any atom is 0.406 e. The van der Waals surface area contributed by atoms with Gasteiger partial charge < -0.3 is 30.7 Å². The normalized spacial score (nSPS) is 19.5. The fourth-order valence-corrected chi connectivity index (χ4v) is 6.37. The molecule has 2 aromatic rings. The molecule has 3 amide bonds. The highest BCUT2D eigenvalue weighted by atomic mass is 35.5. The highest BCUT2D eigenvalue weighted by Crippen LogP contribution is 2.45. The van der Waals surface area contributed by atoms with E-state index >= 15 is 0 Å². The van der Waals surface area contributed by atoms with Crippen molar-refractivity contribution in [2.45, 2.75) is 63.5 Å². The average molecular weight is 571 g/mol. The maximum absolute atomic E-state index is 13.3. The SMILES string of the molecule is CCc1cccc(-c2c(Cl)cccc2[C@](O)(CCCNC(=O)OC)[C@@H]2CCCN(C(=O)NC3CCNCC3)C2)c1. The lowest BCUT2D eigenvalue weighted by Crippen LogP contribution is -2.53. The summed E-state index contributed by atoms with van der Waals surface area (Å²) in [6.45, 7) is 5.39. The van der Waals surface area contributed by atoms with Crippen LogP contribution in [0.1, 0.15) is 56.6 Å². The molecule has 0 aliphatic carbocycles. The number of ether oxygens (including phenoxy) is 1. The quantitative estimate of drug-likeness (QED) is 0.315. The third-order valence-electron chi connectivity index (χ3n) is 8.34. The maximum atomic E-state index is 13.3. The van der Waals surface area contributed by atoms with Crippen molar-refractivity contribution in [1.82, 2.24) is 20.9 Å². The van der Waals surface area contributed by atoms with Crippen molar-refractivity contribution < 1.29 is 19.4 Å². The van der Waals surface area contributed by atoms with Crippen molar-refractivity contribution in [1.29, 1.82) is 0 Å². The van der Waals surface area contributed by atoms with E-state index in [2.05, 4.69) is 35.0 Å². The van der Waals surface area contributed by atoms with E-state index in [0.717, 1.165) is 61.9 Å². The number of carbonyl (C=O) groups is 2. The number of methoxy groups -OCH3 is 1. The first-order valence-corrected chi connectivity index (χ1v) is 14.9. The highest BCUT2D eigenvalue weighted by Gasteiger charge is 2.43. The van der Waals surface area contributed by atoms with Crippen LogP contribution >= 0.6 is 11.6 Å². The van der Waals surface area contributed by atoms with Gasteiger partial charge >= 0.3 is 12.1 Å². The summed E-state index contributed by atoms with van der Waals surface area (Å²) >= 11 is 6.85. The Bertz CT molecular complexity index is 1160. The van der Waals surface area contributed by atoms with Crippen molar-refractivity contribution in [3.63, 3.8) is 0 Å². The van der Waals surface area contributed by atoms with Crippen molar-refractivity contribution in [2.24, 2.45) is 5.92 Å². The molecule has 218 valence electrons. The fraction of sp³-hybridized carbons (Fsp3) is 0.548. The molecule has 4 N–H and O–H groups in total. The summed E-state index contributed by atoms with van der Waals surface area (Å²) in [5.41, 5.74) is 2.46. The number of urea groups is 1. The molecule has 0 bridgehead atoms. The number of aryl methyl sites for hydroxylation is 1. The van der Waals surface area contributed by atoms with Crippen LogP contribution in [-0.4, -0.2) is 68.0 Å². The molecule has 2 heterocycles. The van der Waals surface area contributed by atoms with Gasteiger partial charge in [0.05, 0.1) is 12.7 Å². The topological polar surface area (TPSA) is 103 Å². The minimum atomic E-state index is -1.27. The second-order valence-corrected chi connectivity index (χ2v) is 11.3. The molecule has 2 aliphatic heterocycles. The fourth-order valence-electron chi connectivity index (χ4n) is 6.09. The smallest absolute Gasteiger partial charge is 0.406 e. The summed E-state index contributed by atoms with van der Waals surface area (Å²) in [6.07, 6.45) is 4.73. The summed E-state index contributed by atoms with van der Waals surface area (Å²) in [5, 5.41) is 22.5. The van der Waals surface area contributed by atoms with Crippen LogP contribution in [0.3, 0.4) is 0 Å². The van der Waals surface area contributed by atoms with Gasteiger partial charge in [-0.05, 0) is 80.8 Å². The van der Waals surface area contributed by atoms with Gasteiger partial charge in [0.25, 0.3) is 0 Å². The number of alkyl carbamates (subject to hydrolysis) is 1. The number of amides is 3. The lowest BCUT2D eigenvalue weighted by molar-refractivity contribution is -0.0548. The zero-order chi connectivity index (χ0) is 28.5. The Morgan fingerprint density at radius 3 is 2.70 bits per heavy atom. The molecule has 8 nitrogen and oxygen atoms in total. The Hall–Kier alpha value is -2.81. The number of piperidine rings is 2. The number of nitrogens with one attached hydrogen (secondary N) is 3. The molecule has 2 atom stereocenters. The molecule has 0 unspecified atom stereocenters. The number of likely N-dealkylation sites (tertiary alicyclic amines) is 1. The number of aliphatic hydroxyl groups is 1. The van der Waals surface area contributed by atoms with Gasteiger partial charge in [-0.2, -0.15) is 0 Å². The summed E-state index contributed by atoms with van der Waals surface area (Å²) in [7, 11) is 1.33. The molecule has 0 saturated carbocycles. The van der Waals surface area contributed by atoms with E-state index in [1.54, 1.807) is 0 Å². The van der Waals surface area contributed by atoms with Crippen molar-refractivity contribution in [3.05, 3.63) is 58.6 Å². The predicted octanol–water partition coefficient (Wildman–Crippen LogP) is 5.07. The van der Waals surface area contributed by atoms with Gasteiger partial charge in [-0.25, -0.2) is 9.59 Å². The lowest BCUT2D eigenvalue weighted by Gasteiger charge is -2.44. The third kappa shape index (κ3) is 7.28. The first-order valence-electron chi connectivity index (χ1n) is 14.5. The van der Waals surface area contributed by atoms with Crippen LogP contribution in [0.15, 0.2) is 42.5 Å². The number of hydrogen-bond acceptors (Lipinski definition) is 5. The number of rotatable bonds is 9. The molecule has 40 heavy (non-hydrogen) atoms. The van der Waals surface area contributed by atoms with Gasteiger partial charge in [0.15, 0.2) is 0 Å². The molecule has 0 radical (unpaired) electrons. The van der Waals surface area contributed by atoms with Crippen LogP contribution in [0, 0.1) is 5.92 Å². The van der Waals surface area contributed by atoms with Crippen LogP contribution < -0.4 is 16.0 Å². The van der Waals surface area contributed by atoms with Crippen LogP contribution in [0.2, 0.25) is 5.02 Å². The van der Waals surface area contributed by atoms with Crippen LogP contribution in [0.5, 0.6) is 0 Å². The monoisotopic (exact) mass is 570 g/mol. The second-order valence-electron chi connectivity index (χ2n) is 10.9. The van der Waals surface area contributed by atoms with Crippen molar-refractivity contribution in [2.75, 3.05) is 39.8 Å². The number of halogens is 1. The largest absolute Gasteiger partial charge is 0.453 e. The van der Waals surface area contributed by atoms with Gasteiger partial charge in [-0.15, -0.1) is 0 Å². The van der Waals surface area contributed by atoms with Crippen LogP contribution in [0.25, 0.3) is 11.1 Å². The first-order chi connectivity index (χ1) is 19.4. The summed E-state index contributed by atoms with van der Waals surface area (Å²) in [5.74, 6) is -0.204. The standard InChI is InChI=1S/C31H43ClN4O4/c1-3-22-8-4-9-23(20-22)28-26(11-5-12-27(28)32)31(39,15-7-16-34-30(38)40-2)24-10-6-19-36(21-24)29(37)35-25-13-17-33-18-14-25/h4-5,8-9,11-12,20,24-25,33,39H,3,6-7,10,13-19,21H2,1-2H3,(H,34,38)(H,35,37)/t24-,31+/m1/s1. The number of nitrogens with zero attached hydrogens (tertiary/aromatic N) is 1. The van der Waals surface area contributed by atoms with E-state index in [9.17, 15) is 14.7 Å². The van der Waals surface area contributed by atoms with E-state index in [0.29, 0.717) is 37.5 Å². The first kappa shape index (κ1) is 30.2. The second kappa shape index (κ2) is 14.2. The summed E-state index contributed by atoms with van der Waals surface area (Å²) in [4.78, 5) is 26.8. The van der Waals surface area contributed by atoms with E-state index < -0.39 is 11.7 Å². The Kier molecular flexibility index (Phi) is 10.7. The van der Waals surface area contributed by atoms with Gasteiger partial charge in [0.2, 0.25) is 0 Å². The lowest BCUT2D eigenvalue weighted by atomic mass is 9.72. The Morgan fingerprint density at radius 2 is 1.95 bits per heavy atom. The Labute approximate surface area is 242 Å².